The first-order valence-electron chi connectivity index (χ1n) is 10.4. The van der Waals surface area contributed by atoms with Crippen LogP contribution in [0.2, 0.25) is 0 Å². The summed E-state index contributed by atoms with van der Waals surface area (Å²) in [6, 6.07) is 6.06. The highest BCUT2D eigenvalue weighted by Crippen LogP contribution is 2.41. The maximum Gasteiger partial charge on any atom is 0.303 e. The molecule has 184 valence electrons. The molecule has 1 aromatic rings. The van der Waals surface area contributed by atoms with Crippen LogP contribution >= 0.6 is 11.8 Å². The number of nitrogens with zero attached hydrogens (tertiary/aromatic N) is 2. The first-order valence-corrected chi connectivity index (χ1v) is 11.3. The average Bonchev–Trinajstić information content (AvgIpc) is 3.17. The van der Waals surface area contributed by atoms with Gasteiger partial charge in [-0.2, -0.15) is 0 Å². The number of fused-ring (bicyclic) bond motifs is 1. The Bertz CT molecular complexity index is 981. The topological polar surface area (TPSA) is 130 Å². The van der Waals surface area contributed by atoms with E-state index >= 15 is 0 Å². The molecule has 1 amide bonds. The van der Waals surface area contributed by atoms with Gasteiger partial charge in [0, 0.05) is 27.7 Å². The standard InChI is InChI=1S/C22H26N2O9S/c1-11(25)24(15-6-8-16(29-5)9-7-15)22-23-18-20(32-14(4)28)19(31-13(3)27)17(10-30-12(2)26)33-21(18)34-22/h6-9,17-21H,10H2,1-5H3/t17-,18?,19-,20-,21?/m1/s1. The number of esters is 3. The van der Waals surface area contributed by atoms with Crippen molar-refractivity contribution in [3.05, 3.63) is 24.3 Å². The molecule has 1 fully saturated rings. The Morgan fingerprint density at radius 3 is 2.12 bits per heavy atom. The van der Waals surface area contributed by atoms with Crippen LogP contribution in [0.15, 0.2) is 29.3 Å². The lowest BCUT2D eigenvalue weighted by molar-refractivity contribution is -0.208. The van der Waals surface area contributed by atoms with Crippen molar-refractivity contribution in [2.75, 3.05) is 18.6 Å². The van der Waals surface area contributed by atoms with E-state index in [4.69, 9.17) is 23.7 Å². The maximum absolute atomic E-state index is 12.5. The van der Waals surface area contributed by atoms with Gasteiger partial charge >= 0.3 is 17.9 Å². The predicted molar refractivity (Wildman–Crippen MR) is 121 cm³/mol. The van der Waals surface area contributed by atoms with Crippen molar-refractivity contribution in [3.8, 4) is 5.75 Å². The molecule has 2 heterocycles. The zero-order valence-corrected chi connectivity index (χ0v) is 20.2. The number of hydrogen-bond acceptors (Lipinski definition) is 11. The molecule has 0 radical (unpaired) electrons. The van der Waals surface area contributed by atoms with Gasteiger partial charge in [0.1, 0.15) is 29.9 Å². The number of benzene rings is 1. The summed E-state index contributed by atoms with van der Waals surface area (Å²) < 4.78 is 27.2. The van der Waals surface area contributed by atoms with Crippen LogP contribution in [0, 0.1) is 0 Å². The Balaban J connectivity index is 1.96. The summed E-state index contributed by atoms with van der Waals surface area (Å²) in [7, 11) is 1.54. The second-order valence-electron chi connectivity index (χ2n) is 7.57. The summed E-state index contributed by atoms with van der Waals surface area (Å²) in [6.45, 7) is 4.84. The number of carbonyl (C=O) groups is 4. The van der Waals surface area contributed by atoms with Crippen molar-refractivity contribution >= 4 is 46.4 Å². The zero-order valence-electron chi connectivity index (χ0n) is 19.4. The van der Waals surface area contributed by atoms with Gasteiger partial charge in [-0.05, 0) is 24.3 Å². The number of thioether (sulfide) groups is 1. The highest BCUT2D eigenvalue weighted by Gasteiger charge is 2.54. The summed E-state index contributed by atoms with van der Waals surface area (Å²) in [5, 5.41) is 0.319. The minimum absolute atomic E-state index is 0.223. The molecular formula is C22H26N2O9S. The molecule has 0 saturated carbocycles. The third-order valence-corrected chi connectivity index (χ3v) is 6.11. The van der Waals surface area contributed by atoms with Crippen LogP contribution in [-0.4, -0.2) is 72.5 Å². The van der Waals surface area contributed by atoms with Crippen molar-refractivity contribution < 1.29 is 42.9 Å². The third kappa shape index (κ3) is 5.86. The lowest BCUT2D eigenvalue weighted by Crippen LogP contribution is -2.59. The molecule has 1 saturated heterocycles. The summed E-state index contributed by atoms with van der Waals surface area (Å²) in [4.78, 5) is 53.6. The van der Waals surface area contributed by atoms with Crippen LogP contribution in [0.5, 0.6) is 5.75 Å². The van der Waals surface area contributed by atoms with Crippen molar-refractivity contribution in [2.24, 2.45) is 4.99 Å². The SMILES string of the molecule is COc1ccc(N(C(C)=O)C2=NC3C(O[C@H](COC(C)=O)[C@@H](OC(C)=O)[C@@H]3OC(C)=O)S2)cc1. The fraction of sp³-hybridized carbons (Fsp3) is 0.500. The normalized spacial score (nSPS) is 25.4. The lowest BCUT2D eigenvalue weighted by atomic mass is 9.98. The molecule has 2 aliphatic rings. The summed E-state index contributed by atoms with van der Waals surface area (Å²) in [5.74, 6) is -1.46. The molecule has 0 aliphatic carbocycles. The van der Waals surface area contributed by atoms with Gasteiger partial charge in [-0.25, -0.2) is 0 Å². The summed E-state index contributed by atoms with van der Waals surface area (Å²) >= 11 is 1.15. The van der Waals surface area contributed by atoms with Gasteiger partial charge in [-0.1, -0.05) is 11.8 Å². The second kappa shape index (κ2) is 10.9. The summed E-state index contributed by atoms with van der Waals surface area (Å²) in [6.07, 6.45) is -3.00. The minimum atomic E-state index is -1.07. The molecule has 1 aromatic carbocycles. The van der Waals surface area contributed by atoms with Crippen molar-refractivity contribution in [1.29, 1.82) is 0 Å². The average molecular weight is 495 g/mol. The molecule has 34 heavy (non-hydrogen) atoms. The van der Waals surface area contributed by atoms with E-state index in [2.05, 4.69) is 4.99 Å². The van der Waals surface area contributed by atoms with Crippen LogP contribution in [0.3, 0.4) is 0 Å². The van der Waals surface area contributed by atoms with Gasteiger partial charge in [-0.15, -0.1) is 0 Å². The number of amidine groups is 1. The number of carbonyl (C=O) groups excluding carboxylic acids is 4. The highest BCUT2D eigenvalue weighted by atomic mass is 32.2. The quantitative estimate of drug-likeness (QED) is 0.425. The fourth-order valence-electron chi connectivity index (χ4n) is 3.65. The molecule has 2 aliphatic heterocycles. The molecule has 3 rings (SSSR count). The molecular weight excluding hydrogens is 468 g/mol. The van der Waals surface area contributed by atoms with E-state index in [1.54, 1.807) is 24.3 Å². The molecule has 0 bridgehead atoms. The first kappa shape index (κ1) is 25.5. The second-order valence-corrected chi connectivity index (χ2v) is 8.63. The van der Waals surface area contributed by atoms with E-state index in [0.29, 0.717) is 16.6 Å². The van der Waals surface area contributed by atoms with Gasteiger partial charge in [0.15, 0.2) is 17.4 Å². The number of amides is 1. The number of hydrogen-bond donors (Lipinski definition) is 0. The van der Waals surface area contributed by atoms with E-state index in [1.807, 2.05) is 0 Å². The van der Waals surface area contributed by atoms with Gasteiger partial charge < -0.3 is 23.7 Å². The fourth-order valence-corrected chi connectivity index (χ4v) is 4.93. The zero-order chi connectivity index (χ0) is 25.0. The van der Waals surface area contributed by atoms with E-state index < -0.39 is 47.7 Å². The smallest absolute Gasteiger partial charge is 0.303 e. The number of anilines is 1. The van der Waals surface area contributed by atoms with E-state index in [-0.39, 0.29) is 12.5 Å². The van der Waals surface area contributed by atoms with Crippen LogP contribution < -0.4 is 9.64 Å². The van der Waals surface area contributed by atoms with Crippen LogP contribution in [0.25, 0.3) is 0 Å². The number of aliphatic imine (C=N–C) groups is 1. The van der Waals surface area contributed by atoms with Crippen LogP contribution in [0.4, 0.5) is 5.69 Å². The molecule has 0 aromatic heterocycles. The molecule has 12 heteroatoms. The van der Waals surface area contributed by atoms with Gasteiger partial charge in [0.2, 0.25) is 5.91 Å². The van der Waals surface area contributed by atoms with E-state index in [0.717, 1.165) is 11.8 Å². The van der Waals surface area contributed by atoms with Crippen LogP contribution in [0.1, 0.15) is 27.7 Å². The van der Waals surface area contributed by atoms with E-state index in [1.165, 1.54) is 39.7 Å². The number of ether oxygens (including phenoxy) is 5. The number of rotatable bonds is 6. The highest BCUT2D eigenvalue weighted by molar-refractivity contribution is 8.15. The molecule has 11 nitrogen and oxygen atoms in total. The maximum atomic E-state index is 12.5. The minimum Gasteiger partial charge on any atom is -0.497 e. The molecule has 5 atom stereocenters. The Morgan fingerprint density at radius 2 is 1.59 bits per heavy atom. The van der Waals surface area contributed by atoms with Gasteiger partial charge in [0.25, 0.3) is 0 Å². The molecule has 2 unspecified atom stereocenters. The van der Waals surface area contributed by atoms with Crippen LogP contribution in [-0.2, 0) is 38.1 Å². The number of methoxy groups -OCH3 is 1. The Labute approximate surface area is 200 Å². The predicted octanol–water partition coefficient (Wildman–Crippen LogP) is 1.67. The Hall–Kier alpha value is -3.12. The largest absolute Gasteiger partial charge is 0.497 e. The Kier molecular flexibility index (Phi) is 8.15. The monoisotopic (exact) mass is 494 g/mol. The van der Waals surface area contributed by atoms with Crippen molar-refractivity contribution in [3.63, 3.8) is 0 Å². The third-order valence-electron chi connectivity index (χ3n) is 4.99. The van der Waals surface area contributed by atoms with Gasteiger partial charge in [-0.3, -0.25) is 29.1 Å². The first-order chi connectivity index (χ1) is 16.1. The Morgan fingerprint density at radius 1 is 0.971 bits per heavy atom. The van der Waals surface area contributed by atoms with E-state index in [9.17, 15) is 19.2 Å². The van der Waals surface area contributed by atoms with Gasteiger partial charge in [0.05, 0.1) is 12.8 Å². The van der Waals surface area contributed by atoms with Crippen molar-refractivity contribution in [1.82, 2.24) is 0 Å². The molecule has 0 N–H and O–H groups in total. The van der Waals surface area contributed by atoms with Crippen molar-refractivity contribution in [2.45, 2.75) is 57.5 Å². The summed E-state index contributed by atoms with van der Waals surface area (Å²) in [5.41, 5.74) is -0.137. The molecule has 0 spiro atoms. The lowest BCUT2D eigenvalue weighted by Gasteiger charge is -2.41.